The second kappa shape index (κ2) is 6.20. The van der Waals surface area contributed by atoms with E-state index in [4.69, 9.17) is 14.6 Å². The molecule has 100 valence electrons. The van der Waals surface area contributed by atoms with Crippen LogP contribution in [0.4, 0.5) is 0 Å². The van der Waals surface area contributed by atoms with Gasteiger partial charge in [-0.15, -0.1) is 0 Å². The van der Waals surface area contributed by atoms with Gasteiger partial charge in [-0.25, -0.2) is 4.79 Å². The molecule has 0 heterocycles. The van der Waals surface area contributed by atoms with Crippen LogP contribution < -0.4 is 4.74 Å². The lowest BCUT2D eigenvalue weighted by atomic mass is 10.0. The van der Waals surface area contributed by atoms with Crippen LogP contribution in [0.25, 0.3) is 10.8 Å². The van der Waals surface area contributed by atoms with Gasteiger partial charge in [0.15, 0.2) is 0 Å². The van der Waals surface area contributed by atoms with E-state index in [0.29, 0.717) is 29.9 Å². The summed E-state index contributed by atoms with van der Waals surface area (Å²) < 4.78 is 10.6. The first-order chi connectivity index (χ1) is 9.24. The summed E-state index contributed by atoms with van der Waals surface area (Å²) >= 11 is 0. The fraction of sp³-hybridized carbons (Fsp3) is 0.267. The zero-order valence-electron chi connectivity index (χ0n) is 10.8. The van der Waals surface area contributed by atoms with Crippen LogP contribution in [0.15, 0.2) is 36.4 Å². The molecule has 0 radical (unpaired) electrons. The van der Waals surface area contributed by atoms with Crippen molar-refractivity contribution in [2.45, 2.75) is 6.42 Å². The maximum absolute atomic E-state index is 11.2. The summed E-state index contributed by atoms with van der Waals surface area (Å²) in [4.78, 5) is 11.2. The van der Waals surface area contributed by atoms with Crippen molar-refractivity contribution in [3.8, 4) is 5.75 Å². The third-order valence-electron chi connectivity index (χ3n) is 2.86. The highest BCUT2D eigenvalue weighted by Crippen LogP contribution is 2.28. The molecule has 0 unspecified atom stereocenters. The number of hydrogen-bond acceptors (Lipinski definition) is 3. The summed E-state index contributed by atoms with van der Waals surface area (Å²) in [5.41, 5.74) is 0.292. The van der Waals surface area contributed by atoms with Crippen molar-refractivity contribution in [2.24, 2.45) is 0 Å². The number of carboxylic acids is 1. The van der Waals surface area contributed by atoms with Crippen LogP contribution in [0.2, 0.25) is 0 Å². The molecule has 0 aliphatic heterocycles. The predicted octanol–water partition coefficient (Wildman–Crippen LogP) is 2.95. The molecule has 4 heteroatoms. The van der Waals surface area contributed by atoms with Crippen LogP contribution >= 0.6 is 0 Å². The van der Waals surface area contributed by atoms with Crippen molar-refractivity contribution in [2.75, 3.05) is 20.3 Å². The number of rotatable bonds is 6. The van der Waals surface area contributed by atoms with Gasteiger partial charge in [-0.05, 0) is 17.5 Å². The van der Waals surface area contributed by atoms with Crippen LogP contribution in [0.5, 0.6) is 5.75 Å². The molecule has 0 aliphatic rings. The molecule has 0 spiro atoms. The van der Waals surface area contributed by atoms with E-state index >= 15 is 0 Å². The summed E-state index contributed by atoms with van der Waals surface area (Å²) in [6.07, 6.45) is 0.797. The quantitative estimate of drug-likeness (QED) is 0.811. The Labute approximate surface area is 111 Å². The Kier molecular flexibility index (Phi) is 4.36. The van der Waals surface area contributed by atoms with Gasteiger partial charge < -0.3 is 14.6 Å². The molecule has 2 rings (SSSR count). The normalized spacial score (nSPS) is 10.6. The van der Waals surface area contributed by atoms with Gasteiger partial charge in [-0.3, -0.25) is 0 Å². The number of methoxy groups -OCH3 is 1. The summed E-state index contributed by atoms with van der Waals surface area (Å²) in [5, 5.41) is 10.7. The maximum Gasteiger partial charge on any atom is 0.336 e. The lowest BCUT2D eigenvalue weighted by molar-refractivity contribution is 0.0699. The van der Waals surface area contributed by atoms with Gasteiger partial charge in [0.05, 0.1) is 12.2 Å². The highest BCUT2D eigenvalue weighted by Gasteiger charge is 2.11. The summed E-state index contributed by atoms with van der Waals surface area (Å²) in [6.45, 7) is 1.19. The third kappa shape index (κ3) is 3.03. The lowest BCUT2D eigenvalue weighted by Gasteiger charge is -2.10. The van der Waals surface area contributed by atoms with Crippen molar-refractivity contribution in [3.05, 3.63) is 42.0 Å². The summed E-state index contributed by atoms with van der Waals surface area (Å²) in [6, 6.07) is 10.6. The molecule has 0 amide bonds. The van der Waals surface area contributed by atoms with Crippen molar-refractivity contribution in [3.63, 3.8) is 0 Å². The monoisotopic (exact) mass is 260 g/mol. The number of ether oxygens (including phenoxy) is 2. The number of benzene rings is 2. The Balaban J connectivity index is 2.30. The van der Waals surface area contributed by atoms with Crippen LogP contribution in [0.1, 0.15) is 16.8 Å². The maximum atomic E-state index is 11.2. The van der Waals surface area contributed by atoms with Crippen LogP contribution in [-0.4, -0.2) is 31.4 Å². The highest BCUT2D eigenvalue weighted by atomic mass is 16.5. The third-order valence-corrected chi connectivity index (χ3v) is 2.86. The Hall–Kier alpha value is -2.07. The first-order valence-corrected chi connectivity index (χ1v) is 6.11. The number of carbonyl (C=O) groups is 1. The molecule has 0 saturated carbocycles. The highest BCUT2D eigenvalue weighted by molar-refractivity contribution is 6.05. The molecular formula is C15H16O4. The first kappa shape index (κ1) is 13.4. The Bertz CT molecular complexity index is 577. The minimum Gasteiger partial charge on any atom is -0.493 e. The van der Waals surface area contributed by atoms with E-state index in [2.05, 4.69) is 0 Å². The molecule has 0 aliphatic carbocycles. The molecule has 0 bridgehead atoms. The van der Waals surface area contributed by atoms with E-state index in [-0.39, 0.29) is 0 Å². The van der Waals surface area contributed by atoms with E-state index in [1.165, 1.54) is 0 Å². The molecule has 0 atom stereocenters. The van der Waals surface area contributed by atoms with E-state index < -0.39 is 5.97 Å². The minimum absolute atomic E-state index is 0.292. The van der Waals surface area contributed by atoms with Crippen molar-refractivity contribution in [1.82, 2.24) is 0 Å². The van der Waals surface area contributed by atoms with E-state index in [1.807, 2.05) is 18.2 Å². The molecule has 4 nitrogen and oxygen atoms in total. The van der Waals surface area contributed by atoms with Gasteiger partial charge in [-0.2, -0.15) is 0 Å². The molecular weight excluding hydrogens is 244 g/mol. The molecule has 0 saturated heterocycles. The van der Waals surface area contributed by atoms with Gasteiger partial charge in [0.1, 0.15) is 5.75 Å². The topological polar surface area (TPSA) is 55.8 Å². The van der Waals surface area contributed by atoms with Gasteiger partial charge in [0.25, 0.3) is 0 Å². The predicted molar refractivity (Wildman–Crippen MR) is 72.9 cm³/mol. The molecule has 2 aromatic rings. The minimum atomic E-state index is -0.929. The Morgan fingerprint density at radius 3 is 2.53 bits per heavy atom. The van der Waals surface area contributed by atoms with E-state index in [0.717, 1.165) is 11.8 Å². The van der Waals surface area contributed by atoms with Gasteiger partial charge >= 0.3 is 5.97 Å². The van der Waals surface area contributed by atoms with Crippen molar-refractivity contribution < 1.29 is 19.4 Å². The second-order valence-electron chi connectivity index (χ2n) is 4.16. The van der Waals surface area contributed by atoms with E-state index in [1.54, 1.807) is 25.3 Å². The number of aromatic carboxylic acids is 1. The lowest BCUT2D eigenvalue weighted by Crippen LogP contribution is -2.03. The fourth-order valence-electron chi connectivity index (χ4n) is 1.97. The summed E-state index contributed by atoms with van der Waals surface area (Å²) in [7, 11) is 1.65. The van der Waals surface area contributed by atoms with Crippen LogP contribution in [-0.2, 0) is 4.74 Å². The van der Waals surface area contributed by atoms with Gasteiger partial charge in [0.2, 0.25) is 0 Å². The average Bonchev–Trinajstić information content (AvgIpc) is 2.43. The molecule has 19 heavy (non-hydrogen) atoms. The SMILES string of the molecule is COCCCOc1ccc(C(=O)O)c2ccccc12. The van der Waals surface area contributed by atoms with Crippen molar-refractivity contribution >= 4 is 16.7 Å². The largest absolute Gasteiger partial charge is 0.493 e. The summed E-state index contributed by atoms with van der Waals surface area (Å²) in [5.74, 6) is -0.223. The van der Waals surface area contributed by atoms with Crippen LogP contribution in [0.3, 0.4) is 0 Å². The van der Waals surface area contributed by atoms with Gasteiger partial charge in [-0.1, -0.05) is 24.3 Å². The smallest absolute Gasteiger partial charge is 0.336 e. The Morgan fingerprint density at radius 2 is 1.84 bits per heavy atom. The number of hydrogen-bond donors (Lipinski definition) is 1. The van der Waals surface area contributed by atoms with E-state index in [9.17, 15) is 4.79 Å². The number of fused-ring (bicyclic) bond motifs is 1. The zero-order chi connectivity index (χ0) is 13.7. The standard InChI is InChI=1S/C15H16O4/c1-18-9-4-10-19-14-8-7-13(15(16)17)11-5-2-3-6-12(11)14/h2-3,5-8H,4,9-10H2,1H3,(H,16,17). The van der Waals surface area contributed by atoms with Crippen LogP contribution in [0, 0.1) is 0 Å². The Morgan fingerprint density at radius 1 is 1.11 bits per heavy atom. The molecule has 1 N–H and O–H groups in total. The molecule has 2 aromatic carbocycles. The number of carboxylic acid groups (broad SMARTS) is 1. The fourth-order valence-corrected chi connectivity index (χ4v) is 1.97. The van der Waals surface area contributed by atoms with Crippen molar-refractivity contribution in [1.29, 1.82) is 0 Å². The average molecular weight is 260 g/mol. The molecule has 0 fully saturated rings. The first-order valence-electron chi connectivity index (χ1n) is 6.11. The second-order valence-corrected chi connectivity index (χ2v) is 4.16. The van der Waals surface area contributed by atoms with Gasteiger partial charge in [0, 0.05) is 25.5 Å². The molecule has 0 aromatic heterocycles. The zero-order valence-corrected chi connectivity index (χ0v) is 10.8.